The zero-order chi connectivity index (χ0) is 15.5. The second-order valence-electron chi connectivity index (χ2n) is 5.42. The lowest BCUT2D eigenvalue weighted by Gasteiger charge is -2.34. The summed E-state index contributed by atoms with van der Waals surface area (Å²) < 4.78 is 7.89. The van der Waals surface area contributed by atoms with Crippen LogP contribution < -0.4 is 4.74 Å². The minimum atomic E-state index is 0.0997. The molecule has 1 heterocycles. The van der Waals surface area contributed by atoms with Crippen molar-refractivity contribution in [3.05, 3.63) is 24.0 Å². The summed E-state index contributed by atoms with van der Waals surface area (Å²) >= 11 is 6.00. The molecular formula is C17H25ClN2O. The summed E-state index contributed by atoms with van der Waals surface area (Å²) in [5.74, 6) is 2.48. The molecule has 21 heavy (non-hydrogen) atoms. The molecule has 3 nitrogen and oxygen atoms in total. The van der Waals surface area contributed by atoms with E-state index in [1.165, 1.54) is 0 Å². The average Bonchev–Trinajstić information content (AvgIpc) is 2.89. The standard InChI is InChI=1S/C17H25ClN2O/c1-5-17(6-2,7-3)20-13-9-8-10-14(21-4)16(13)19-15(20)11-12-18/h8-10H,5-7,11-12H2,1-4H3. The second kappa shape index (κ2) is 6.69. The summed E-state index contributed by atoms with van der Waals surface area (Å²) in [5.41, 5.74) is 2.20. The van der Waals surface area contributed by atoms with Crippen LogP contribution in [0.1, 0.15) is 45.9 Å². The Morgan fingerprint density at radius 2 is 1.86 bits per heavy atom. The Labute approximate surface area is 132 Å². The number of fused-ring (bicyclic) bond motifs is 1. The van der Waals surface area contributed by atoms with E-state index in [4.69, 9.17) is 21.3 Å². The van der Waals surface area contributed by atoms with Gasteiger partial charge < -0.3 is 9.30 Å². The van der Waals surface area contributed by atoms with Gasteiger partial charge in [-0.1, -0.05) is 26.8 Å². The van der Waals surface area contributed by atoms with Crippen molar-refractivity contribution < 1.29 is 4.74 Å². The highest BCUT2D eigenvalue weighted by molar-refractivity contribution is 6.17. The van der Waals surface area contributed by atoms with Crippen LogP contribution in [-0.4, -0.2) is 22.5 Å². The van der Waals surface area contributed by atoms with E-state index >= 15 is 0 Å². The van der Waals surface area contributed by atoms with Gasteiger partial charge in [0.25, 0.3) is 0 Å². The number of hydrogen-bond acceptors (Lipinski definition) is 2. The zero-order valence-corrected chi connectivity index (χ0v) is 14.2. The monoisotopic (exact) mass is 308 g/mol. The van der Waals surface area contributed by atoms with Crippen molar-refractivity contribution in [3.63, 3.8) is 0 Å². The van der Waals surface area contributed by atoms with Gasteiger partial charge in [0.15, 0.2) is 0 Å². The van der Waals surface area contributed by atoms with E-state index in [-0.39, 0.29) is 5.54 Å². The lowest BCUT2D eigenvalue weighted by atomic mass is 9.89. The largest absolute Gasteiger partial charge is 0.494 e. The van der Waals surface area contributed by atoms with Crippen molar-refractivity contribution in [1.29, 1.82) is 0 Å². The summed E-state index contributed by atoms with van der Waals surface area (Å²) in [6.45, 7) is 6.76. The first-order valence-corrected chi connectivity index (χ1v) is 8.31. The van der Waals surface area contributed by atoms with Gasteiger partial charge in [0, 0.05) is 17.8 Å². The van der Waals surface area contributed by atoms with Crippen LogP contribution in [0.3, 0.4) is 0 Å². The smallest absolute Gasteiger partial charge is 0.146 e. The van der Waals surface area contributed by atoms with Gasteiger partial charge in [-0.25, -0.2) is 4.98 Å². The third-order valence-corrected chi connectivity index (χ3v) is 4.89. The van der Waals surface area contributed by atoms with Crippen LogP contribution in [0.5, 0.6) is 5.75 Å². The van der Waals surface area contributed by atoms with Gasteiger partial charge in [0.1, 0.15) is 17.1 Å². The Morgan fingerprint density at radius 3 is 2.38 bits per heavy atom. The van der Waals surface area contributed by atoms with E-state index in [1.54, 1.807) is 7.11 Å². The quantitative estimate of drug-likeness (QED) is 0.690. The minimum Gasteiger partial charge on any atom is -0.494 e. The molecule has 0 unspecified atom stereocenters. The molecule has 2 aromatic rings. The number of para-hydroxylation sites is 1. The number of methoxy groups -OCH3 is 1. The summed E-state index contributed by atoms with van der Waals surface area (Å²) in [6.07, 6.45) is 4.02. The van der Waals surface area contributed by atoms with Crippen molar-refractivity contribution in [1.82, 2.24) is 9.55 Å². The summed E-state index contributed by atoms with van der Waals surface area (Å²) in [4.78, 5) is 4.84. The lowest BCUT2D eigenvalue weighted by Crippen LogP contribution is -2.33. The molecule has 0 saturated heterocycles. The number of rotatable bonds is 7. The maximum atomic E-state index is 6.00. The third-order valence-electron chi connectivity index (χ3n) is 4.70. The normalized spacial score (nSPS) is 12.0. The van der Waals surface area contributed by atoms with Crippen LogP contribution in [0.2, 0.25) is 0 Å². The van der Waals surface area contributed by atoms with E-state index < -0.39 is 0 Å². The highest BCUT2D eigenvalue weighted by atomic mass is 35.5. The molecule has 0 N–H and O–H groups in total. The minimum absolute atomic E-state index is 0.0997. The molecule has 4 heteroatoms. The van der Waals surface area contributed by atoms with E-state index in [1.807, 2.05) is 12.1 Å². The first kappa shape index (κ1) is 16.2. The highest BCUT2D eigenvalue weighted by Crippen LogP contribution is 2.36. The summed E-state index contributed by atoms with van der Waals surface area (Å²) in [5, 5.41) is 0. The number of halogens is 1. The van der Waals surface area contributed by atoms with Gasteiger partial charge in [-0.3, -0.25) is 0 Å². The maximum absolute atomic E-state index is 6.00. The number of hydrogen-bond donors (Lipinski definition) is 0. The average molecular weight is 309 g/mol. The Bertz CT molecular complexity index is 594. The van der Waals surface area contributed by atoms with Crippen molar-refractivity contribution in [2.24, 2.45) is 0 Å². The molecule has 1 aromatic carbocycles. The van der Waals surface area contributed by atoms with Gasteiger partial charge in [-0.2, -0.15) is 0 Å². The van der Waals surface area contributed by atoms with E-state index in [2.05, 4.69) is 31.4 Å². The van der Waals surface area contributed by atoms with E-state index in [0.717, 1.165) is 48.3 Å². The van der Waals surface area contributed by atoms with Gasteiger partial charge >= 0.3 is 0 Å². The Balaban J connectivity index is 2.78. The predicted molar refractivity (Wildman–Crippen MR) is 89.6 cm³/mol. The maximum Gasteiger partial charge on any atom is 0.146 e. The zero-order valence-electron chi connectivity index (χ0n) is 13.4. The highest BCUT2D eigenvalue weighted by Gasteiger charge is 2.31. The van der Waals surface area contributed by atoms with Gasteiger partial charge in [0.2, 0.25) is 0 Å². The fraction of sp³-hybridized carbons (Fsp3) is 0.588. The molecule has 0 aliphatic rings. The number of benzene rings is 1. The Hall–Kier alpha value is -1.22. The van der Waals surface area contributed by atoms with Crippen LogP contribution >= 0.6 is 11.6 Å². The first-order valence-electron chi connectivity index (χ1n) is 7.78. The van der Waals surface area contributed by atoms with Crippen molar-refractivity contribution in [2.75, 3.05) is 13.0 Å². The van der Waals surface area contributed by atoms with Crippen LogP contribution in [0.15, 0.2) is 18.2 Å². The molecule has 0 spiro atoms. The molecule has 0 atom stereocenters. The lowest BCUT2D eigenvalue weighted by molar-refractivity contribution is 0.251. The molecule has 0 amide bonds. The molecule has 0 fully saturated rings. The van der Waals surface area contributed by atoms with Crippen molar-refractivity contribution in [3.8, 4) is 5.75 Å². The van der Waals surface area contributed by atoms with Crippen molar-refractivity contribution in [2.45, 2.75) is 52.0 Å². The number of imidazole rings is 1. The molecular weight excluding hydrogens is 284 g/mol. The van der Waals surface area contributed by atoms with Gasteiger partial charge in [-0.05, 0) is 31.4 Å². The van der Waals surface area contributed by atoms with Crippen molar-refractivity contribution >= 4 is 22.6 Å². The summed E-state index contributed by atoms with van der Waals surface area (Å²) in [7, 11) is 1.70. The van der Waals surface area contributed by atoms with E-state index in [9.17, 15) is 0 Å². The number of ether oxygens (including phenoxy) is 1. The van der Waals surface area contributed by atoms with Crippen LogP contribution in [-0.2, 0) is 12.0 Å². The molecule has 0 aliphatic heterocycles. The van der Waals surface area contributed by atoms with Crippen LogP contribution in [0.4, 0.5) is 0 Å². The number of aromatic nitrogens is 2. The SMILES string of the molecule is CCC(CC)(CC)n1c(CCCl)nc2c(OC)cccc21. The number of nitrogens with zero attached hydrogens (tertiary/aromatic N) is 2. The molecule has 0 saturated carbocycles. The van der Waals surface area contributed by atoms with Crippen LogP contribution in [0.25, 0.3) is 11.0 Å². The molecule has 0 radical (unpaired) electrons. The second-order valence-corrected chi connectivity index (χ2v) is 5.79. The third kappa shape index (κ3) is 2.64. The molecule has 0 bridgehead atoms. The fourth-order valence-electron chi connectivity index (χ4n) is 3.29. The van der Waals surface area contributed by atoms with Gasteiger partial charge in [0.05, 0.1) is 12.6 Å². The van der Waals surface area contributed by atoms with E-state index in [0.29, 0.717) is 5.88 Å². The molecule has 0 aliphatic carbocycles. The Morgan fingerprint density at radius 1 is 1.19 bits per heavy atom. The summed E-state index contributed by atoms with van der Waals surface area (Å²) in [6, 6.07) is 6.14. The molecule has 116 valence electrons. The number of aryl methyl sites for hydroxylation is 1. The Kier molecular flexibility index (Phi) is 5.15. The predicted octanol–water partition coefficient (Wildman–Crippen LogP) is 4.75. The molecule has 1 aromatic heterocycles. The fourth-order valence-corrected chi connectivity index (χ4v) is 3.46. The molecule has 2 rings (SSSR count). The van der Waals surface area contributed by atoms with Gasteiger partial charge in [-0.15, -0.1) is 11.6 Å². The topological polar surface area (TPSA) is 27.1 Å². The van der Waals surface area contributed by atoms with Crippen LogP contribution in [0, 0.1) is 0 Å². The number of alkyl halides is 1. The first-order chi connectivity index (χ1) is 10.2.